The van der Waals surface area contributed by atoms with Crippen LogP contribution < -0.4 is 0 Å². The van der Waals surface area contributed by atoms with Gasteiger partial charge in [-0.25, -0.2) is 0 Å². The summed E-state index contributed by atoms with van der Waals surface area (Å²) in [5, 5.41) is 8.76. The minimum Gasteiger partial charge on any atom is -0.466 e. The monoisotopic (exact) mass is 218 g/mol. The lowest BCUT2D eigenvalue weighted by atomic mass is 10.0. The van der Waals surface area contributed by atoms with E-state index >= 15 is 0 Å². The molecule has 0 aromatic carbocycles. The van der Waals surface area contributed by atoms with E-state index in [0.717, 1.165) is 0 Å². The van der Waals surface area contributed by atoms with Gasteiger partial charge in [0.2, 0.25) is 0 Å². The molecule has 0 saturated heterocycles. The van der Waals surface area contributed by atoms with Gasteiger partial charge in [-0.05, 0) is 18.8 Å². The van der Waals surface area contributed by atoms with Crippen molar-refractivity contribution < 1.29 is 24.2 Å². The average Bonchev–Trinajstić information content (AvgIpc) is 2.13. The first-order valence-corrected chi connectivity index (χ1v) is 4.93. The third-order valence-corrected chi connectivity index (χ3v) is 1.89. The van der Waals surface area contributed by atoms with Gasteiger partial charge in [-0.15, -0.1) is 0 Å². The van der Waals surface area contributed by atoms with E-state index in [0.29, 0.717) is 19.4 Å². The van der Waals surface area contributed by atoms with E-state index in [1.807, 2.05) is 0 Å². The number of rotatable bonds is 7. The van der Waals surface area contributed by atoms with Crippen LogP contribution in [0.3, 0.4) is 0 Å². The molecule has 0 radical (unpaired) electrons. The van der Waals surface area contributed by atoms with Gasteiger partial charge in [0, 0.05) is 20.5 Å². The molecule has 0 heterocycles. The molecule has 1 unspecified atom stereocenters. The fraction of sp³-hybridized carbons (Fsp3) is 0.800. The second-order valence-electron chi connectivity index (χ2n) is 3.31. The van der Waals surface area contributed by atoms with Crippen molar-refractivity contribution in [2.24, 2.45) is 5.92 Å². The van der Waals surface area contributed by atoms with Crippen molar-refractivity contribution in [1.82, 2.24) is 0 Å². The normalized spacial score (nSPS) is 11.9. The van der Waals surface area contributed by atoms with Gasteiger partial charge in [-0.1, -0.05) is 0 Å². The van der Waals surface area contributed by atoms with Crippen molar-refractivity contribution in [1.29, 1.82) is 0 Å². The summed E-state index contributed by atoms with van der Waals surface area (Å²) in [5.41, 5.74) is 0. The molecule has 5 nitrogen and oxygen atoms in total. The maximum absolute atomic E-state index is 10.6. The van der Waals surface area contributed by atoms with Crippen molar-refractivity contribution in [3.05, 3.63) is 0 Å². The van der Waals surface area contributed by atoms with Gasteiger partial charge in [-0.2, -0.15) is 0 Å². The number of hydrogen-bond donors (Lipinski definition) is 1. The highest BCUT2D eigenvalue weighted by Gasteiger charge is 2.10. The van der Waals surface area contributed by atoms with E-state index in [4.69, 9.17) is 14.6 Å². The number of aliphatic hydroxyl groups is 1. The number of hydrogen-bond acceptors (Lipinski definition) is 5. The lowest BCUT2D eigenvalue weighted by Gasteiger charge is -2.14. The summed E-state index contributed by atoms with van der Waals surface area (Å²) < 4.78 is 9.59. The van der Waals surface area contributed by atoms with Gasteiger partial charge in [0.25, 0.3) is 0 Å². The first-order chi connectivity index (χ1) is 7.06. The summed E-state index contributed by atoms with van der Waals surface area (Å²) in [6, 6.07) is 0. The number of carbonyl (C=O) groups excluding carboxylic acids is 2. The summed E-state index contributed by atoms with van der Waals surface area (Å²) >= 11 is 0. The molecule has 0 aliphatic carbocycles. The Morgan fingerprint density at radius 3 is 2.20 bits per heavy atom. The highest BCUT2D eigenvalue weighted by atomic mass is 16.5. The molecule has 0 bridgehead atoms. The molecule has 5 heteroatoms. The predicted octanol–water partition coefficient (Wildman–Crippen LogP) is 0.501. The minimum absolute atomic E-state index is 0.0337. The van der Waals surface area contributed by atoms with Crippen LogP contribution in [0.1, 0.15) is 26.7 Å². The average molecular weight is 218 g/mol. The third kappa shape index (κ3) is 9.21. The Morgan fingerprint density at radius 1 is 1.13 bits per heavy atom. The Balaban J connectivity index is 3.71. The van der Waals surface area contributed by atoms with Crippen LogP contribution in [0.2, 0.25) is 0 Å². The van der Waals surface area contributed by atoms with Gasteiger partial charge in [0.15, 0.2) is 0 Å². The Labute approximate surface area is 89.4 Å². The largest absolute Gasteiger partial charge is 0.466 e. The van der Waals surface area contributed by atoms with Crippen LogP contribution in [0, 0.1) is 5.92 Å². The van der Waals surface area contributed by atoms with E-state index in [-0.39, 0.29) is 31.1 Å². The van der Waals surface area contributed by atoms with Crippen molar-refractivity contribution in [2.75, 3.05) is 19.8 Å². The van der Waals surface area contributed by atoms with Crippen LogP contribution in [0.4, 0.5) is 0 Å². The third-order valence-electron chi connectivity index (χ3n) is 1.89. The Kier molecular flexibility index (Phi) is 7.62. The predicted molar refractivity (Wildman–Crippen MR) is 53.1 cm³/mol. The highest BCUT2D eigenvalue weighted by molar-refractivity contribution is 5.66. The first kappa shape index (κ1) is 13.9. The molecule has 1 N–H and O–H groups in total. The number of esters is 2. The molecule has 0 aromatic rings. The maximum atomic E-state index is 10.6. The summed E-state index contributed by atoms with van der Waals surface area (Å²) in [6.45, 7) is 3.26. The summed E-state index contributed by atoms with van der Waals surface area (Å²) in [6.07, 6.45) is 1.13. The standard InChI is InChI=1S/C10H18O5/c1-8(12)14-6-4-10(3-5-11)7-15-9(2)13/h10-11H,3-7H2,1-2H3. The van der Waals surface area contributed by atoms with Crippen molar-refractivity contribution in [2.45, 2.75) is 26.7 Å². The molecule has 0 aliphatic rings. The van der Waals surface area contributed by atoms with Crippen LogP contribution >= 0.6 is 0 Å². The van der Waals surface area contributed by atoms with Crippen LogP contribution in [0.25, 0.3) is 0 Å². The Morgan fingerprint density at radius 2 is 1.73 bits per heavy atom. The molecule has 15 heavy (non-hydrogen) atoms. The number of carbonyl (C=O) groups is 2. The quantitative estimate of drug-likeness (QED) is 0.630. The van der Waals surface area contributed by atoms with Crippen LogP contribution in [0.15, 0.2) is 0 Å². The second-order valence-corrected chi connectivity index (χ2v) is 3.31. The molecule has 0 fully saturated rings. The Bertz CT molecular complexity index is 202. The maximum Gasteiger partial charge on any atom is 0.302 e. The molecule has 88 valence electrons. The molecular formula is C10H18O5. The summed E-state index contributed by atoms with van der Waals surface area (Å²) in [4.78, 5) is 21.1. The fourth-order valence-electron chi connectivity index (χ4n) is 1.10. The molecule has 0 saturated carbocycles. The molecular weight excluding hydrogens is 200 g/mol. The molecule has 0 aromatic heterocycles. The molecule has 0 amide bonds. The van der Waals surface area contributed by atoms with E-state index in [1.165, 1.54) is 13.8 Å². The van der Waals surface area contributed by atoms with Gasteiger partial charge >= 0.3 is 11.9 Å². The summed E-state index contributed by atoms with van der Waals surface area (Å²) in [7, 11) is 0. The summed E-state index contributed by atoms with van der Waals surface area (Å²) in [5.74, 6) is -0.631. The zero-order valence-corrected chi connectivity index (χ0v) is 9.19. The Hall–Kier alpha value is -1.10. The zero-order chi connectivity index (χ0) is 11.7. The van der Waals surface area contributed by atoms with Crippen molar-refractivity contribution in [3.63, 3.8) is 0 Å². The second kappa shape index (κ2) is 8.23. The SMILES string of the molecule is CC(=O)OCCC(CCO)COC(C)=O. The van der Waals surface area contributed by atoms with Gasteiger partial charge in [-0.3, -0.25) is 9.59 Å². The minimum atomic E-state index is -0.342. The van der Waals surface area contributed by atoms with Crippen LogP contribution in [-0.2, 0) is 19.1 Å². The molecule has 0 aliphatic heterocycles. The number of aliphatic hydroxyl groups excluding tert-OH is 1. The first-order valence-electron chi connectivity index (χ1n) is 4.93. The fourth-order valence-corrected chi connectivity index (χ4v) is 1.10. The van der Waals surface area contributed by atoms with E-state index in [2.05, 4.69) is 0 Å². The van der Waals surface area contributed by atoms with Gasteiger partial charge in [0.05, 0.1) is 13.2 Å². The van der Waals surface area contributed by atoms with Gasteiger partial charge in [0.1, 0.15) is 0 Å². The smallest absolute Gasteiger partial charge is 0.302 e. The lowest BCUT2D eigenvalue weighted by molar-refractivity contribution is -0.145. The van der Waals surface area contributed by atoms with Crippen molar-refractivity contribution >= 4 is 11.9 Å². The highest BCUT2D eigenvalue weighted by Crippen LogP contribution is 2.09. The molecule has 1 atom stereocenters. The lowest BCUT2D eigenvalue weighted by Crippen LogP contribution is -2.16. The van der Waals surface area contributed by atoms with Crippen LogP contribution in [0.5, 0.6) is 0 Å². The van der Waals surface area contributed by atoms with Gasteiger partial charge < -0.3 is 14.6 Å². The topological polar surface area (TPSA) is 72.8 Å². The number of ether oxygens (including phenoxy) is 2. The van der Waals surface area contributed by atoms with E-state index in [9.17, 15) is 9.59 Å². The van der Waals surface area contributed by atoms with E-state index < -0.39 is 0 Å². The van der Waals surface area contributed by atoms with Crippen molar-refractivity contribution in [3.8, 4) is 0 Å². The zero-order valence-electron chi connectivity index (χ0n) is 9.19. The molecule has 0 rings (SSSR count). The van der Waals surface area contributed by atoms with E-state index in [1.54, 1.807) is 0 Å². The molecule has 0 spiro atoms. The van der Waals surface area contributed by atoms with Crippen LogP contribution in [-0.4, -0.2) is 36.9 Å².